The fourth-order valence-electron chi connectivity index (χ4n) is 3.10. The van der Waals surface area contributed by atoms with Gasteiger partial charge in [0.25, 0.3) is 5.78 Å². The lowest BCUT2D eigenvalue weighted by Gasteiger charge is -2.18. The van der Waals surface area contributed by atoms with E-state index in [9.17, 15) is 19.2 Å². The van der Waals surface area contributed by atoms with Crippen molar-refractivity contribution in [2.75, 3.05) is 7.11 Å². The van der Waals surface area contributed by atoms with E-state index in [1.807, 2.05) is 12.1 Å². The molecule has 1 aliphatic heterocycles. The number of methoxy groups -OCH3 is 1. The van der Waals surface area contributed by atoms with Crippen LogP contribution in [0.25, 0.3) is 0 Å². The number of ether oxygens (including phenoxy) is 1. The van der Waals surface area contributed by atoms with Crippen molar-refractivity contribution in [2.24, 2.45) is 10.5 Å². The third kappa shape index (κ3) is 4.31. The van der Waals surface area contributed by atoms with E-state index in [1.165, 1.54) is 0 Å². The Hall–Kier alpha value is -3.39. The lowest BCUT2D eigenvalue weighted by atomic mass is 9.84. The van der Waals surface area contributed by atoms with E-state index in [0.717, 1.165) is 7.11 Å². The number of hydrogen-bond acceptors (Lipinski definition) is 6. The Morgan fingerprint density at radius 2 is 1.56 bits per heavy atom. The van der Waals surface area contributed by atoms with E-state index in [-0.39, 0.29) is 0 Å². The van der Waals surface area contributed by atoms with Crippen LogP contribution in [0.2, 0.25) is 0 Å². The molecule has 8 heteroatoms. The fourth-order valence-corrected chi connectivity index (χ4v) is 3.57. The van der Waals surface area contributed by atoms with Crippen molar-refractivity contribution in [1.82, 2.24) is 5.01 Å². The molecule has 0 aromatic heterocycles. The molecule has 0 saturated heterocycles. The first-order chi connectivity index (χ1) is 15.1. The zero-order valence-electron chi connectivity index (χ0n) is 18.0. The van der Waals surface area contributed by atoms with Crippen LogP contribution in [-0.4, -0.2) is 41.3 Å². The highest BCUT2D eigenvalue weighted by atomic mass is 79.9. The summed E-state index contributed by atoms with van der Waals surface area (Å²) in [5.74, 6) is -3.83. The predicted octanol–water partition coefficient (Wildman–Crippen LogP) is 3.66. The molecule has 0 aliphatic carbocycles. The summed E-state index contributed by atoms with van der Waals surface area (Å²) in [6, 6.07) is 16.2. The highest BCUT2D eigenvalue weighted by Gasteiger charge is 2.48. The Morgan fingerprint density at radius 3 is 2.12 bits per heavy atom. The van der Waals surface area contributed by atoms with E-state index in [0.29, 0.717) is 26.3 Å². The zero-order chi connectivity index (χ0) is 23.6. The summed E-state index contributed by atoms with van der Waals surface area (Å²) in [6.45, 7) is 4.78. The van der Waals surface area contributed by atoms with Gasteiger partial charge in [-0.05, 0) is 6.07 Å². The molecular formula is C24H21BrN2O5. The van der Waals surface area contributed by atoms with E-state index < -0.39 is 40.1 Å². The Labute approximate surface area is 193 Å². The number of nitrogens with zero attached hydrogens (tertiary/aromatic N) is 2. The number of ketones is 2. The van der Waals surface area contributed by atoms with Crippen LogP contribution in [0, 0.1) is 5.41 Å². The maximum atomic E-state index is 13.0. The monoisotopic (exact) mass is 496 g/mol. The number of carbonyl (C=O) groups excluding carboxylic acids is 4. The minimum Gasteiger partial charge on any atom is -0.464 e. The van der Waals surface area contributed by atoms with E-state index in [4.69, 9.17) is 4.74 Å². The third-order valence-corrected chi connectivity index (χ3v) is 5.42. The van der Waals surface area contributed by atoms with Gasteiger partial charge in [0.15, 0.2) is 11.5 Å². The second-order valence-electron chi connectivity index (χ2n) is 8.03. The molecule has 0 atom stereocenters. The second kappa shape index (κ2) is 9.00. The van der Waals surface area contributed by atoms with Crippen molar-refractivity contribution in [3.05, 3.63) is 81.5 Å². The van der Waals surface area contributed by atoms with Gasteiger partial charge in [-0.1, -0.05) is 85.2 Å². The molecule has 164 valence electrons. The number of rotatable bonds is 5. The van der Waals surface area contributed by atoms with Gasteiger partial charge < -0.3 is 4.74 Å². The van der Waals surface area contributed by atoms with Crippen LogP contribution >= 0.6 is 15.9 Å². The summed E-state index contributed by atoms with van der Waals surface area (Å²) in [4.78, 5) is 51.3. The first-order valence-corrected chi connectivity index (χ1v) is 10.5. The lowest BCUT2D eigenvalue weighted by molar-refractivity contribution is -0.143. The predicted molar refractivity (Wildman–Crippen MR) is 122 cm³/mol. The number of hydrazone groups is 1. The Morgan fingerprint density at radius 1 is 0.969 bits per heavy atom. The largest absolute Gasteiger partial charge is 0.464 e. The Bertz CT molecular complexity index is 1180. The first-order valence-electron chi connectivity index (χ1n) is 9.73. The summed E-state index contributed by atoms with van der Waals surface area (Å²) in [6.07, 6.45) is 0. The summed E-state index contributed by atoms with van der Waals surface area (Å²) in [5, 5.41) is 5.09. The molecule has 0 N–H and O–H groups in total. The number of halogens is 1. The number of carbonyl (C=O) groups is 4. The average Bonchev–Trinajstić information content (AvgIpc) is 3.01. The average molecular weight is 497 g/mol. The maximum absolute atomic E-state index is 13.0. The molecule has 3 rings (SSSR count). The SMILES string of the molecule is COC(=O)C1=C(C(=O)C(C)(C)C)C(=O)C(=O)N1/N=C(\c1ccccc1)c1ccccc1Br. The van der Waals surface area contributed by atoms with Crippen LogP contribution in [0.5, 0.6) is 0 Å². The minimum atomic E-state index is -1.10. The first kappa shape index (κ1) is 23.3. The van der Waals surface area contributed by atoms with Gasteiger partial charge in [0.1, 0.15) is 5.57 Å². The van der Waals surface area contributed by atoms with Crippen LogP contribution < -0.4 is 0 Å². The molecule has 2 aromatic rings. The summed E-state index contributed by atoms with van der Waals surface area (Å²) in [5.41, 5.74) is -0.418. The van der Waals surface area contributed by atoms with Crippen molar-refractivity contribution in [2.45, 2.75) is 20.8 Å². The van der Waals surface area contributed by atoms with Gasteiger partial charge >= 0.3 is 11.9 Å². The van der Waals surface area contributed by atoms with Gasteiger partial charge in [0.05, 0.1) is 12.8 Å². The van der Waals surface area contributed by atoms with Gasteiger partial charge in [-0.15, -0.1) is 0 Å². The standard InChI is InChI=1S/C24H21BrN2O5/c1-24(2,3)21(29)17-19(23(31)32-4)27(22(30)20(17)28)26-18(14-10-6-5-7-11-14)15-12-8-9-13-16(15)25/h5-13H,1-4H3/b26-18+. The van der Waals surface area contributed by atoms with Crippen LogP contribution in [0.4, 0.5) is 0 Å². The van der Waals surface area contributed by atoms with Gasteiger partial charge in [-0.25, -0.2) is 4.79 Å². The molecule has 0 saturated carbocycles. The van der Waals surface area contributed by atoms with Crippen LogP contribution in [0.3, 0.4) is 0 Å². The van der Waals surface area contributed by atoms with Crippen LogP contribution in [0.15, 0.2) is 75.4 Å². The normalized spacial score (nSPS) is 14.8. The topological polar surface area (TPSA) is 93.1 Å². The molecule has 1 amide bonds. The number of hydrogen-bond donors (Lipinski definition) is 0. The molecule has 1 aliphatic rings. The van der Waals surface area contributed by atoms with Gasteiger partial charge in [-0.3, -0.25) is 14.4 Å². The number of benzene rings is 2. The maximum Gasteiger partial charge on any atom is 0.357 e. The Balaban J connectivity index is 2.30. The molecule has 7 nitrogen and oxygen atoms in total. The zero-order valence-corrected chi connectivity index (χ0v) is 19.6. The van der Waals surface area contributed by atoms with Gasteiger partial charge in [0.2, 0.25) is 0 Å². The van der Waals surface area contributed by atoms with E-state index >= 15 is 0 Å². The molecule has 0 unspecified atom stereocenters. The molecular weight excluding hydrogens is 476 g/mol. The highest BCUT2D eigenvalue weighted by Crippen LogP contribution is 2.31. The fraction of sp³-hybridized carbons (Fsp3) is 0.208. The molecule has 1 heterocycles. The minimum absolute atomic E-state index is 0.324. The van der Waals surface area contributed by atoms with Crippen LogP contribution in [0.1, 0.15) is 31.9 Å². The van der Waals surface area contributed by atoms with Gasteiger partial charge in [0, 0.05) is 21.0 Å². The summed E-state index contributed by atoms with van der Waals surface area (Å²) in [7, 11) is 1.11. The van der Waals surface area contributed by atoms with E-state index in [2.05, 4.69) is 21.0 Å². The number of Topliss-reactive ketones (excluding diaryl/α,β-unsaturated/α-hetero) is 2. The van der Waals surface area contributed by atoms with Crippen molar-refractivity contribution < 1.29 is 23.9 Å². The smallest absolute Gasteiger partial charge is 0.357 e. The van der Waals surface area contributed by atoms with Crippen molar-refractivity contribution in [3.8, 4) is 0 Å². The third-order valence-electron chi connectivity index (χ3n) is 4.73. The highest BCUT2D eigenvalue weighted by molar-refractivity contribution is 9.10. The second-order valence-corrected chi connectivity index (χ2v) is 8.89. The number of amides is 1. The lowest BCUT2D eigenvalue weighted by Crippen LogP contribution is -2.29. The molecule has 0 spiro atoms. The van der Waals surface area contributed by atoms with Crippen molar-refractivity contribution >= 4 is 45.1 Å². The van der Waals surface area contributed by atoms with Crippen molar-refractivity contribution in [3.63, 3.8) is 0 Å². The number of esters is 1. The van der Waals surface area contributed by atoms with Crippen LogP contribution in [-0.2, 0) is 23.9 Å². The Kier molecular flexibility index (Phi) is 6.55. The summed E-state index contributed by atoms with van der Waals surface area (Å²) >= 11 is 3.48. The van der Waals surface area contributed by atoms with Crippen molar-refractivity contribution in [1.29, 1.82) is 0 Å². The van der Waals surface area contributed by atoms with Gasteiger partial charge in [-0.2, -0.15) is 10.1 Å². The molecule has 0 fully saturated rings. The molecule has 32 heavy (non-hydrogen) atoms. The quantitative estimate of drug-likeness (QED) is 0.272. The molecule has 0 radical (unpaired) electrons. The van der Waals surface area contributed by atoms with E-state index in [1.54, 1.807) is 63.2 Å². The summed E-state index contributed by atoms with van der Waals surface area (Å²) < 4.78 is 5.49. The molecule has 0 bridgehead atoms. The molecule has 2 aromatic carbocycles.